The molecule has 0 aliphatic heterocycles. The number of hydrogen-bond acceptors (Lipinski definition) is 1. The van der Waals surface area contributed by atoms with Crippen molar-refractivity contribution in [1.82, 2.24) is 4.57 Å². The summed E-state index contributed by atoms with van der Waals surface area (Å²) in [5, 5.41) is 4.95. The van der Waals surface area contributed by atoms with E-state index in [0.29, 0.717) is 0 Å². The highest BCUT2D eigenvalue weighted by Crippen LogP contribution is 2.63. The highest BCUT2D eigenvalue weighted by atomic mass is 15.1. The number of nitrogens with zero attached hydrogens (tertiary/aromatic N) is 2. The van der Waals surface area contributed by atoms with Gasteiger partial charge in [0.25, 0.3) is 0 Å². The van der Waals surface area contributed by atoms with Gasteiger partial charge in [-0.15, -0.1) is 0 Å². The molecule has 312 valence electrons. The van der Waals surface area contributed by atoms with Gasteiger partial charge in [0.1, 0.15) is 0 Å². The van der Waals surface area contributed by atoms with Gasteiger partial charge in [0.05, 0.1) is 27.8 Å². The lowest BCUT2D eigenvalue weighted by Crippen LogP contribution is -2.25. The Labute approximate surface area is 389 Å². The Balaban J connectivity index is 0.990. The van der Waals surface area contributed by atoms with E-state index in [1.54, 1.807) is 0 Å². The zero-order chi connectivity index (χ0) is 44.1. The molecule has 0 atom stereocenters. The van der Waals surface area contributed by atoms with Crippen LogP contribution in [0.3, 0.4) is 0 Å². The van der Waals surface area contributed by atoms with Crippen LogP contribution in [0.15, 0.2) is 255 Å². The molecule has 0 N–H and O–H groups in total. The summed E-state index contributed by atoms with van der Waals surface area (Å²) in [6.07, 6.45) is 0. The predicted octanol–water partition coefficient (Wildman–Crippen LogP) is 17.1. The molecule has 67 heavy (non-hydrogen) atoms. The van der Waals surface area contributed by atoms with E-state index >= 15 is 0 Å². The van der Waals surface area contributed by atoms with Crippen LogP contribution >= 0.6 is 0 Å². The van der Waals surface area contributed by atoms with Crippen molar-refractivity contribution in [3.63, 3.8) is 0 Å². The summed E-state index contributed by atoms with van der Waals surface area (Å²) in [5.41, 5.74) is 21.7. The normalized spacial score (nSPS) is 12.9. The van der Waals surface area contributed by atoms with E-state index in [-0.39, 0.29) is 0 Å². The standard InChI is InChI=1S/C65H42N2/c1-2-19-45(20-3-1)64-49-22-5-4-18-43(49)36-41-63(64)66(46-37-34-44(35-38-46)48-21-9-15-31-60(48)67-61-32-16-10-26-53(61)54-27-11-17-33-62(54)67)47-39-40-59-55(42-47)52-25-8-14-30-58(52)65(59)56-28-12-6-23-50(56)51-24-7-13-29-57(51)65/h1-42H. The largest absolute Gasteiger partial charge is 0.310 e. The van der Waals surface area contributed by atoms with Crippen molar-refractivity contribution < 1.29 is 0 Å². The Hall–Kier alpha value is -8.72. The lowest BCUT2D eigenvalue weighted by Gasteiger charge is -2.32. The van der Waals surface area contributed by atoms with E-state index in [2.05, 4.69) is 264 Å². The monoisotopic (exact) mass is 850 g/mol. The van der Waals surface area contributed by atoms with Crippen LogP contribution in [-0.2, 0) is 5.41 Å². The molecule has 0 saturated carbocycles. The van der Waals surface area contributed by atoms with Gasteiger partial charge >= 0.3 is 0 Å². The van der Waals surface area contributed by atoms with Crippen molar-refractivity contribution in [2.24, 2.45) is 0 Å². The van der Waals surface area contributed by atoms with Crippen LogP contribution in [0.2, 0.25) is 0 Å². The van der Waals surface area contributed by atoms with Gasteiger partial charge in [0, 0.05) is 33.3 Å². The van der Waals surface area contributed by atoms with Gasteiger partial charge in [-0.1, -0.05) is 206 Å². The SMILES string of the molecule is c1ccc(-c2c(N(c3ccc(-c4ccccc4-n4c5ccccc5c5ccccc54)cc3)c3ccc4c(c3)-c3ccccc3C43c4ccccc4-c4ccccc43)ccc3ccccc23)cc1. The Morgan fingerprint density at radius 2 is 0.806 bits per heavy atom. The summed E-state index contributed by atoms with van der Waals surface area (Å²) in [6.45, 7) is 0. The first-order chi connectivity index (χ1) is 33.3. The molecule has 0 bridgehead atoms. The average Bonchev–Trinajstić information content (AvgIpc) is 4.01. The second-order valence-corrected chi connectivity index (χ2v) is 17.9. The molecule has 12 aromatic rings. The minimum absolute atomic E-state index is 0.411. The molecule has 0 fully saturated rings. The summed E-state index contributed by atoms with van der Waals surface area (Å²) in [4.78, 5) is 2.49. The maximum absolute atomic E-state index is 2.49. The lowest BCUT2D eigenvalue weighted by molar-refractivity contribution is 0.794. The van der Waals surface area contributed by atoms with E-state index in [1.807, 2.05) is 0 Å². The molecule has 0 radical (unpaired) electrons. The molecule has 2 nitrogen and oxygen atoms in total. The van der Waals surface area contributed by atoms with Gasteiger partial charge in [0.2, 0.25) is 0 Å². The maximum Gasteiger partial charge on any atom is 0.0725 e. The van der Waals surface area contributed by atoms with Gasteiger partial charge < -0.3 is 9.47 Å². The van der Waals surface area contributed by atoms with Crippen molar-refractivity contribution in [3.8, 4) is 50.2 Å². The zero-order valence-electron chi connectivity index (χ0n) is 36.6. The van der Waals surface area contributed by atoms with Crippen molar-refractivity contribution >= 4 is 49.6 Å². The van der Waals surface area contributed by atoms with E-state index < -0.39 is 5.41 Å². The Kier molecular flexibility index (Phi) is 8.23. The van der Waals surface area contributed by atoms with Crippen LogP contribution in [-0.4, -0.2) is 4.57 Å². The molecular formula is C65H42N2. The lowest BCUT2D eigenvalue weighted by atomic mass is 9.70. The van der Waals surface area contributed by atoms with Crippen molar-refractivity contribution in [1.29, 1.82) is 0 Å². The Morgan fingerprint density at radius 3 is 1.46 bits per heavy atom. The maximum atomic E-state index is 2.49. The number of para-hydroxylation sites is 3. The number of fused-ring (bicyclic) bond motifs is 14. The third-order valence-electron chi connectivity index (χ3n) is 14.6. The van der Waals surface area contributed by atoms with Gasteiger partial charge in [-0.2, -0.15) is 0 Å². The Bertz CT molecular complexity index is 3830. The fourth-order valence-electron chi connectivity index (χ4n) is 11.9. The quantitative estimate of drug-likeness (QED) is 0.162. The number of benzene rings is 11. The van der Waals surface area contributed by atoms with Crippen molar-refractivity contribution in [3.05, 3.63) is 277 Å². The van der Waals surface area contributed by atoms with Crippen molar-refractivity contribution in [2.45, 2.75) is 5.41 Å². The minimum Gasteiger partial charge on any atom is -0.310 e. The summed E-state index contributed by atoms with van der Waals surface area (Å²) >= 11 is 0. The fourth-order valence-corrected chi connectivity index (χ4v) is 11.9. The van der Waals surface area contributed by atoms with Crippen LogP contribution in [0, 0.1) is 0 Å². The van der Waals surface area contributed by atoms with Crippen LogP contribution < -0.4 is 4.90 Å². The second-order valence-electron chi connectivity index (χ2n) is 17.9. The van der Waals surface area contributed by atoms with Crippen LogP contribution in [0.4, 0.5) is 17.1 Å². The molecular weight excluding hydrogens is 809 g/mol. The first kappa shape index (κ1) is 37.6. The van der Waals surface area contributed by atoms with E-state index in [4.69, 9.17) is 0 Å². The van der Waals surface area contributed by atoms with E-state index in [1.165, 1.54) is 93.8 Å². The molecule has 0 unspecified atom stereocenters. The highest BCUT2D eigenvalue weighted by molar-refractivity contribution is 6.10. The number of rotatable bonds is 6. The van der Waals surface area contributed by atoms with Gasteiger partial charge in [-0.3, -0.25) is 0 Å². The predicted molar refractivity (Wildman–Crippen MR) is 280 cm³/mol. The third-order valence-corrected chi connectivity index (χ3v) is 14.6. The second kappa shape index (κ2) is 14.7. The van der Waals surface area contributed by atoms with Crippen LogP contribution in [0.1, 0.15) is 22.3 Å². The molecule has 1 heterocycles. The first-order valence-corrected chi connectivity index (χ1v) is 23.3. The summed E-state index contributed by atoms with van der Waals surface area (Å²) in [6, 6.07) is 94.3. The molecule has 1 aromatic heterocycles. The van der Waals surface area contributed by atoms with Gasteiger partial charge in [-0.05, 0) is 115 Å². The van der Waals surface area contributed by atoms with Crippen LogP contribution in [0.25, 0.3) is 82.8 Å². The average molecular weight is 851 g/mol. The number of aromatic nitrogens is 1. The molecule has 1 spiro atoms. The molecule has 14 rings (SSSR count). The van der Waals surface area contributed by atoms with Gasteiger partial charge in [0.15, 0.2) is 0 Å². The molecule has 2 heteroatoms. The molecule has 0 saturated heterocycles. The number of hydrogen-bond donors (Lipinski definition) is 0. The molecule has 0 amide bonds. The topological polar surface area (TPSA) is 8.17 Å². The fraction of sp³-hybridized carbons (Fsp3) is 0.0154. The molecule has 2 aliphatic carbocycles. The smallest absolute Gasteiger partial charge is 0.0725 e. The minimum atomic E-state index is -0.411. The summed E-state index contributed by atoms with van der Waals surface area (Å²) in [7, 11) is 0. The van der Waals surface area contributed by atoms with Gasteiger partial charge in [-0.25, -0.2) is 0 Å². The van der Waals surface area contributed by atoms with E-state index in [9.17, 15) is 0 Å². The number of anilines is 3. The zero-order valence-corrected chi connectivity index (χ0v) is 36.6. The summed E-state index contributed by atoms with van der Waals surface area (Å²) < 4.78 is 2.43. The molecule has 2 aliphatic rings. The van der Waals surface area contributed by atoms with E-state index in [0.717, 1.165) is 28.3 Å². The molecule has 11 aromatic carbocycles. The van der Waals surface area contributed by atoms with Crippen molar-refractivity contribution in [2.75, 3.05) is 4.90 Å². The third kappa shape index (κ3) is 5.39. The summed E-state index contributed by atoms with van der Waals surface area (Å²) in [5.74, 6) is 0. The first-order valence-electron chi connectivity index (χ1n) is 23.3. The Morgan fingerprint density at radius 1 is 0.313 bits per heavy atom. The van der Waals surface area contributed by atoms with Crippen LogP contribution in [0.5, 0.6) is 0 Å². The highest BCUT2D eigenvalue weighted by Gasteiger charge is 2.51.